The minimum absolute atomic E-state index is 0.0154. The number of fused-ring (bicyclic) bond motifs is 5. The molecular formula is C34H39F2N9O13P2S. The van der Waals surface area contributed by atoms with Gasteiger partial charge in [0, 0.05) is 5.75 Å². The van der Waals surface area contributed by atoms with E-state index in [-0.39, 0.29) is 40.7 Å². The van der Waals surface area contributed by atoms with Crippen molar-refractivity contribution in [2.45, 2.75) is 75.7 Å². The van der Waals surface area contributed by atoms with E-state index in [9.17, 15) is 23.6 Å². The van der Waals surface area contributed by atoms with Crippen molar-refractivity contribution in [3.63, 3.8) is 0 Å². The van der Waals surface area contributed by atoms with Crippen molar-refractivity contribution in [2.24, 2.45) is 5.41 Å². The standard InChI is InChI=1S/C34H39F2N9O13P2S/c1-34(2,3)33(47)52-15-51-18-6-4-17(5-7-18)10-61-60(50)55-9-20-25(22(36)31(57-20)44-13-42-23-27(37)38-11-39-28(23)44)53-16-59(48,49)54-8-19-21(35)26(58-60)32(56-19)45-14-43-24-29(45)40-12-41-30(24)46/h4-7,11-14,19-22,25-26,31-32H,8-10,15-16H2,1-3H3,(H,48,49)(H2,37,38,39)(H,40,41,46)/t19-,20-,21-,22-,25-,26-,31-,32-,60?/m1/s1. The fourth-order valence-corrected chi connectivity index (χ4v) is 10.7. The summed E-state index contributed by atoms with van der Waals surface area (Å²) in [6.45, 7) is -1.37. The Bertz CT molecular complexity index is 2560. The molecule has 3 saturated heterocycles. The number of benzene rings is 1. The summed E-state index contributed by atoms with van der Waals surface area (Å²) in [6, 6.07) is 6.45. The van der Waals surface area contributed by atoms with Crippen molar-refractivity contribution in [2.75, 3.05) is 32.1 Å². The zero-order valence-electron chi connectivity index (χ0n) is 32.4. The van der Waals surface area contributed by atoms with Crippen LogP contribution >= 0.6 is 25.8 Å². The molecule has 22 nitrogen and oxygen atoms in total. The van der Waals surface area contributed by atoms with Gasteiger partial charge in [0.25, 0.3) is 5.56 Å². The Morgan fingerprint density at radius 1 is 0.951 bits per heavy atom. The molecule has 0 saturated carbocycles. The lowest BCUT2D eigenvalue weighted by Gasteiger charge is -2.28. The second-order valence-corrected chi connectivity index (χ2v) is 20.8. The molecule has 0 amide bonds. The second kappa shape index (κ2) is 17.0. The molecule has 4 N–H and O–H groups in total. The molecule has 5 aromatic rings. The summed E-state index contributed by atoms with van der Waals surface area (Å²) in [5.41, 5.74) is 5.25. The van der Waals surface area contributed by atoms with Gasteiger partial charge < -0.3 is 43.8 Å². The minimum atomic E-state index is -4.74. The monoisotopic (exact) mass is 913 g/mol. The molecule has 61 heavy (non-hydrogen) atoms. The van der Waals surface area contributed by atoms with E-state index < -0.39 is 100 Å². The molecule has 7 heterocycles. The lowest BCUT2D eigenvalue weighted by molar-refractivity contribution is -0.159. The third kappa shape index (κ3) is 9.08. The average molecular weight is 914 g/mol. The van der Waals surface area contributed by atoms with Crippen molar-refractivity contribution < 1.29 is 64.9 Å². The first-order valence-corrected chi connectivity index (χ1v) is 23.4. The first kappa shape index (κ1) is 43.2. The second-order valence-electron chi connectivity index (χ2n) is 15.0. The van der Waals surface area contributed by atoms with Crippen LogP contribution in [0.25, 0.3) is 22.3 Å². The molecule has 1 aromatic carbocycles. The molecule has 10 atom stereocenters. The summed E-state index contributed by atoms with van der Waals surface area (Å²) in [6.07, 6.45) is -10.2. The summed E-state index contributed by atoms with van der Waals surface area (Å²) in [4.78, 5) is 58.1. The molecule has 0 spiro atoms. The highest BCUT2D eigenvalue weighted by Crippen LogP contribution is 2.65. The number of carbonyl (C=O) groups is 1. The number of rotatable bonds is 8. The van der Waals surface area contributed by atoms with E-state index in [2.05, 4.69) is 29.9 Å². The van der Waals surface area contributed by atoms with Crippen molar-refractivity contribution in [3.8, 4) is 5.75 Å². The summed E-state index contributed by atoms with van der Waals surface area (Å²) < 4.78 is 109. The average Bonchev–Trinajstić information content (AvgIpc) is 3.99. The van der Waals surface area contributed by atoms with Crippen LogP contribution in [0.5, 0.6) is 5.75 Å². The van der Waals surface area contributed by atoms with Crippen LogP contribution in [0.2, 0.25) is 0 Å². The van der Waals surface area contributed by atoms with Crippen molar-refractivity contribution in [1.29, 1.82) is 0 Å². The number of nitrogen functional groups attached to an aromatic ring is 1. The quantitative estimate of drug-likeness (QED) is 0.113. The molecular weight excluding hydrogens is 874 g/mol. The van der Waals surface area contributed by atoms with E-state index in [1.54, 1.807) is 45.0 Å². The smallest absolute Gasteiger partial charge is 0.390 e. The van der Waals surface area contributed by atoms with Crippen molar-refractivity contribution in [3.05, 3.63) is 65.5 Å². The van der Waals surface area contributed by atoms with Gasteiger partial charge in [0.05, 0.1) is 37.6 Å². The van der Waals surface area contributed by atoms with Gasteiger partial charge in [-0.2, -0.15) is 0 Å². The Kier molecular flexibility index (Phi) is 12.1. The fraction of sp³-hybridized carbons (Fsp3) is 0.500. The summed E-state index contributed by atoms with van der Waals surface area (Å²) in [5, 5.41) is 0. The lowest BCUT2D eigenvalue weighted by Crippen LogP contribution is -2.36. The number of nitrogens with zero attached hydrogens (tertiary/aromatic N) is 7. The van der Waals surface area contributed by atoms with Crippen LogP contribution in [0.3, 0.4) is 0 Å². The molecule has 3 fully saturated rings. The molecule has 0 aliphatic carbocycles. The Hall–Kier alpha value is -4.42. The van der Waals surface area contributed by atoms with Crippen LogP contribution in [0, 0.1) is 5.41 Å². The summed E-state index contributed by atoms with van der Waals surface area (Å²) >= 11 is 0.656. The number of nitrogens with two attached hydrogens (primary N) is 1. The van der Waals surface area contributed by atoms with Gasteiger partial charge in [-0.1, -0.05) is 12.1 Å². The number of anilines is 1. The number of aromatic amines is 1. The van der Waals surface area contributed by atoms with E-state index in [0.29, 0.717) is 22.7 Å². The maximum Gasteiger partial charge on any atom is 0.390 e. The Morgan fingerprint density at radius 2 is 1.64 bits per heavy atom. The van der Waals surface area contributed by atoms with E-state index >= 15 is 8.78 Å². The molecule has 27 heteroatoms. The number of H-pyrrole nitrogens is 1. The van der Waals surface area contributed by atoms with E-state index in [4.69, 9.17) is 43.0 Å². The number of alkyl halides is 2. The molecule has 328 valence electrons. The number of imidazole rings is 2. The van der Waals surface area contributed by atoms with Gasteiger partial charge in [-0.15, -0.1) is 0 Å². The number of carbonyl (C=O) groups excluding carboxylic acids is 1. The number of ether oxygens (including phenoxy) is 5. The van der Waals surface area contributed by atoms with E-state index in [1.165, 1.54) is 15.5 Å². The van der Waals surface area contributed by atoms with Gasteiger partial charge in [-0.3, -0.25) is 32.3 Å². The van der Waals surface area contributed by atoms with Crippen molar-refractivity contribution >= 4 is 59.9 Å². The van der Waals surface area contributed by atoms with Gasteiger partial charge in [-0.05, 0) is 49.8 Å². The normalized spacial score (nSPS) is 31.2. The minimum Gasteiger partial charge on any atom is -0.457 e. The number of nitrogens with one attached hydrogen (secondary N) is 1. The number of hydrogen-bond donors (Lipinski definition) is 3. The SMILES string of the molecule is CC(C)(C)C(=O)OCOc1ccc(CSP2(=O)OC[C@H]3O[C@@H](n4cnc5c(N)ncnc54)[C@H](F)[C@@H]3OCP(=O)(O)OC[C@H]3O[C@@H](n4cnc5c(=O)[nH]cnc54)[C@H](O2)[C@@H]3F)cc1. The lowest BCUT2D eigenvalue weighted by atomic mass is 9.98. The summed E-state index contributed by atoms with van der Waals surface area (Å²) in [5.74, 6) is -0.134. The zero-order chi connectivity index (χ0) is 43.3. The predicted molar refractivity (Wildman–Crippen MR) is 208 cm³/mol. The maximum atomic E-state index is 16.6. The highest BCUT2D eigenvalue weighted by molar-refractivity contribution is 8.54. The van der Waals surface area contributed by atoms with Gasteiger partial charge in [-0.25, -0.2) is 38.3 Å². The zero-order valence-corrected chi connectivity index (χ0v) is 35.0. The van der Waals surface area contributed by atoms with E-state index in [0.717, 1.165) is 19.0 Å². The number of hydrogen-bond acceptors (Lipinski definition) is 19. The van der Waals surface area contributed by atoms with Crippen LogP contribution in [0.15, 0.2) is 54.4 Å². The summed E-state index contributed by atoms with van der Waals surface area (Å²) in [7, 11) is -4.74. The molecule has 8 rings (SSSR count). The Labute approximate surface area is 347 Å². The molecule has 2 bridgehead atoms. The van der Waals surface area contributed by atoms with Crippen molar-refractivity contribution in [1.82, 2.24) is 39.0 Å². The maximum absolute atomic E-state index is 16.6. The number of halogens is 2. The van der Waals surface area contributed by atoms with Gasteiger partial charge in [0.15, 0.2) is 47.4 Å². The third-order valence-electron chi connectivity index (χ3n) is 9.69. The highest BCUT2D eigenvalue weighted by Gasteiger charge is 2.54. The topological polar surface area (TPSA) is 278 Å². The largest absolute Gasteiger partial charge is 0.457 e. The van der Waals surface area contributed by atoms with E-state index in [1.807, 2.05) is 0 Å². The van der Waals surface area contributed by atoms with Crippen LogP contribution in [-0.2, 0) is 52.2 Å². The van der Waals surface area contributed by atoms with Gasteiger partial charge in [0.2, 0.25) is 6.79 Å². The van der Waals surface area contributed by atoms with Crippen LogP contribution in [0.1, 0.15) is 38.8 Å². The molecule has 3 aliphatic heterocycles. The van der Waals surface area contributed by atoms with Crippen LogP contribution < -0.4 is 16.0 Å². The van der Waals surface area contributed by atoms with Gasteiger partial charge >= 0.3 is 20.4 Å². The Balaban J connectivity index is 1.09. The number of esters is 1. The highest BCUT2D eigenvalue weighted by atomic mass is 32.7. The number of aromatic nitrogens is 8. The van der Waals surface area contributed by atoms with Crippen LogP contribution in [0.4, 0.5) is 14.6 Å². The van der Waals surface area contributed by atoms with Crippen LogP contribution in [-0.4, -0.2) is 113 Å². The van der Waals surface area contributed by atoms with Gasteiger partial charge in [0.1, 0.15) is 48.4 Å². The predicted octanol–water partition coefficient (Wildman–Crippen LogP) is 3.94. The molecule has 2 unspecified atom stereocenters. The third-order valence-corrected chi connectivity index (χ3v) is 14.4. The molecule has 0 radical (unpaired) electrons. The fourth-order valence-electron chi connectivity index (χ4n) is 6.54. The Morgan fingerprint density at radius 3 is 2.39 bits per heavy atom. The first-order valence-electron chi connectivity index (χ1n) is 18.5. The first-order chi connectivity index (χ1) is 29.0. The molecule has 4 aromatic heterocycles. The molecule has 3 aliphatic rings.